The lowest BCUT2D eigenvalue weighted by molar-refractivity contribution is -0.922. The molecule has 3 saturated heterocycles. The van der Waals surface area contributed by atoms with Crippen LogP contribution in [0.3, 0.4) is 0 Å². The van der Waals surface area contributed by atoms with Crippen LogP contribution in [0.5, 0.6) is 0 Å². The fraction of sp³-hybridized carbons (Fsp3) is 0.533. The Balaban J connectivity index is 1.82. The second kappa shape index (κ2) is 4.73. The molecule has 4 atom stereocenters. The Morgan fingerprint density at radius 2 is 2.06 bits per heavy atom. The number of hydrogen-bond acceptors (Lipinski definition) is 2. The van der Waals surface area contributed by atoms with Gasteiger partial charge in [0.25, 0.3) is 0 Å². The van der Waals surface area contributed by atoms with Gasteiger partial charge in [0.15, 0.2) is 6.10 Å². The molecule has 96 valence electrons. The monoisotopic (exact) mass is 246 g/mol. The van der Waals surface area contributed by atoms with E-state index in [1.165, 1.54) is 32.0 Å². The lowest BCUT2D eigenvalue weighted by atomic mass is 9.74. The minimum Gasteiger partial charge on any atom is -0.456 e. The summed E-state index contributed by atoms with van der Waals surface area (Å²) in [7, 11) is 0. The van der Waals surface area contributed by atoms with Gasteiger partial charge < -0.3 is 9.64 Å². The third kappa shape index (κ3) is 2.15. The summed E-state index contributed by atoms with van der Waals surface area (Å²) in [5, 5.41) is 0. The molecule has 0 amide bonds. The lowest BCUT2D eigenvalue weighted by Gasteiger charge is -2.46. The standard InChI is InChI=1S/C15H19NO2/c1-11(17)18-15-10-16-8-7-13(15)14(9-16)12-5-3-2-4-6-12/h2-6,13-15H,7-10H2,1H3/p+1/t13-,14+,15-/m1/s1. The first-order chi connectivity index (χ1) is 8.74. The number of fused-ring (bicyclic) bond motifs is 3. The molecule has 0 spiro atoms. The van der Waals surface area contributed by atoms with Gasteiger partial charge in [0.1, 0.15) is 6.54 Å². The molecule has 1 unspecified atom stereocenters. The van der Waals surface area contributed by atoms with Gasteiger partial charge in [0.05, 0.1) is 13.1 Å². The zero-order valence-electron chi connectivity index (χ0n) is 10.8. The predicted molar refractivity (Wildman–Crippen MR) is 68.4 cm³/mol. The highest BCUT2D eigenvalue weighted by Crippen LogP contribution is 2.34. The summed E-state index contributed by atoms with van der Waals surface area (Å²) in [6.07, 6.45) is 1.29. The Morgan fingerprint density at radius 1 is 1.28 bits per heavy atom. The van der Waals surface area contributed by atoms with E-state index in [4.69, 9.17) is 4.74 Å². The van der Waals surface area contributed by atoms with Gasteiger partial charge in [0, 0.05) is 25.2 Å². The molecule has 1 aromatic carbocycles. The van der Waals surface area contributed by atoms with Gasteiger partial charge in [-0.3, -0.25) is 4.79 Å². The number of esters is 1. The number of nitrogens with one attached hydrogen (secondary N) is 1. The fourth-order valence-corrected chi connectivity index (χ4v) is 3.61. The van der Waals surface area contributed by atoms with Crippen molar-refractivity contribution >= 4 is 5.97 Å². The van der Waals surface area contributed by atoms with E-state index in [0.29, 0.717) is 11.8 Å². The van der Waals surface area contributed by atoms with Crippen molar-refractivity contribution in [1.29, 1.82) is 0 Å². The highest BCUT2D eigenvalue weighted by Gasteiger charge is 2.46. The Kier molecular flexibility index (Phi) is 3.08. The molecular weight excluding hydrogens is 226 g/mol. The number of carbonyl (C=O) groups excluding carboxylic acids is 1. The van der Waals surface area contributed by atoms with E-state index in [0.717, 1.165) is 6.54 Å². The Bertz CT molecular complexity index is 431. The van der Waals surface area contributed by atoms with Crippen LogP contribution >= 0.6 is 0 Å². The van der Waals surface area contributed by atoms with Crippen LogP contribution in [0.15, 0.2) is 30.3 Å². The highest BCUT2D eigenvalue weighted by atomic mass is 16.5. The summed E-state index contributed by atoms with van der Waals surface area (Å²) in [5.41, 5.74) is 1.40. The summed E-state index contributed by atoms with van der Waals surface area (Å²) < 4.78 is 5.52. The van der Waals surface area contributed by atoms with Crippen molar-refractivity contribution < 1.29 is 14.4 Å². The molecule has 1 N–H and O–H groups in total. The van der Waals surface area contributed by atoms with E-state index >= 15 is 0 Å². The van der Waals surface area contributed by atoms with Crippen molar-refractivity contribution in [2.75, 3.05) is 19.6 Å². The Labute approximate surface area is 108 Å². The average molecular weight is 246 g/mol. The van der Waals surface area contributed by atoms with Gasteiger partial charge in [-0.2, -0.15) is 0 Å². The third-order valence-corrected chi connectivity index (χ3v) is 4.37. The number of ether oxygens (including phenoxy) is 1. The molecule has 3 aliphatic heterocycles. The summed E-state index contributed by atoms with van der Waals surface area (Å²) >= 11 is 0. The van der Waals surface area contributed by atoms with Crippen molar-refractivity contribution in [1.82, 2.24) is 0 Å². The predicted octanol–water partition coefficient (Wildman–Crippen LogP) is 0.620. The van der Waals surface area contributed by atoms with Crippen LogP contribution in [0.25, 0.3) is 0 Å². The van der Waals surface area contributed by atoms with E-state index in [-0.39, 0.29) is 12.1 Å². The van der Waals surface area contributed by atoms with Crippen molar-refractivity contribution in [2.24, 2.45) is 5.92 Å². The number of quaternary nitrogens is 1. The van der Waals surface area contributed by atoms with Crippen LogP contribution in [-0.2, 0) is 9.53 Å². The summed E-state index contributed by atoms with van der Waals surface area (Å²) in [6.45, 7) is 4.93. The molecule has 3 nitrogen and oxygen atoms in total. The van der Waals surface area contributed by atoms with Crippen LogP contribution in [-0.4, -0.2) is 31.7 Å². The van der Waals surface area contributed by atoms with Crippen molar-refractivity contribution in [3.63, 3.8) is 0 Å². The maximum absolute atomic E-state index is 11.2. The molecule has 2 bridgehead atoms. The minimum atomic E-state index is -0.139. The zero-order chi connectivity index (χ0) is 12.5. The number of hydrogen-bond donors (Lipinski definition) is 1. The van der Waals surface area contributed by atoms with Crippen LogP contribution in [0.1, 0.15) is 24.8 Å². The molecule has 0 radical (unpaired) electrons. The van der Waals surface area contributed by atoms with Gasteiger partial charge in [-0.25, -0.2) is 0 Å². The second-order valence-corrected chi connectivity index (χ2v) is 5.53. The van der Waals surface area contributed by atoms with Gasteiger partial charge in [-0.15, -0.1) is 0 Å². The molecule has 1 aromatic rings. The Hall–Kier alpha value is -1.35. The summed E-state index contributed by atoms with van der Waals surface area (Å²) in [4.78, 5) is 12.8. The number of carbonyl (C=O) groups is 1. The topological polar surface area (TPSA) is 30.7 Å². The van der Waals surface area contributed by atoms with Crippen LogP contribution in [0.4, 0.5) is 0 Å². The number of benzene rings is 1. The second-order valence-electron chi connectivity index (χ2n) is 5.53. The quantitative estimate of drug-likeness (QED) is 0.776. The van der Waals surface area contributed by atoms with Crippen LogP contribution in [0, 0.1) is 5.92 Å². The first-order valence-electron chi connectivity index (χ1n) is 6.80. The number of piperidine rings is 3. The Morgan fingerprint density at radius 3 is 2.72 bits per heavy atom. The summed E-state index contributed by atoms with van der Waals surface area (Å²) in [5.74, 6) is 0.918. The molecule has 18 heavy (non-hydrogen) atoms. The van der Waals surface area contributed by atoms with Gasteiger partial charge >= 0.3 is 5.97 Å². The van der Waals surface area contributed by atoms with Gasteiger partial charge in [0.2, 0.25) is 0 Å². The molecule has 4 rings (SSSR count). The van der Waals surface area contributed by atoms with E-state index in [1.54, 1.807) is 4.90 Å². The summed E-state index contributed by atoms with van der Waals surface area (Å²) in [6, 6.07) is 10.7. The lowest BCUT2D eigenvalue weighted by Crippen LogP contribution is -3.17. The van der Waals surface area contributed by atoms with Crippen molar-refractivity contribution in [3.05, 3.63) is 35.9 Å². The van der Waals surface area contributed by atoms with E-state index in [9.17, 15) is 4.79 Å². The molecule has 3 fully saturated rings. The smallest absolute Gasteiger partial charge is 0.303 e. The zero-order valence-corrected chi connectivity index (χ0v) is 10.8. The molecule has 0 aromatic heterocycles. The largest absolute Gasteiger partial charge is 0.456 e. The van der Waals surface area contributed by atoms with Gasteiger partial charge in [-0.05, 0) is 5.56 Å². The normalized spacial score (nSPS) is 34.3. The van der Waals surface area contributed by atoms with Crippen LogP contribution < -0.4 is 4.90 Å². The molecular formula is C15H20NO2+. The molecule has 0 aliphatic carbocycles. The first kappa shape index (κ1) is 11.7. The van der Waals surface area contributed by atoms with E-state index < -0.39 is 0 Å². The van der Waals surface area contributed by atoms with Crippen molar-refractivity contribution in [3.8, 4) is 0 Å². The van der Waals surface area contributed by atoms with Crippen molar-refractivity contribution in [2.45, 2.75) is 25.4 Å². The molecule has 3 aliphatic rings. The maximum atomic E-state index is 11.2. The molecule has 3 heterocycles. The average Bonchev–Trinajstić information content (AvgIpc) is 2.39. The fourth-order valence-electron chi connectivity index (χ4n) is 3.61. The van der Waals surface area contributed by atoms with Crippen LogP contribution in [0.2, 0.25) is 0 Å². The molecule has 0 saturated carbocycles. The highest BCUT2D eigenvalue weighted by molar-refractivity contribution is 5.66. The minimum absolute atomic E-state index is 0.116. The third-order valence-electron chi connectivity index (χ3n) is 4.37. The SMILES string of the molecule is CC(=O)O[C@@H]1C[NH+]2CC[C@@H]1[C@H](c1ccccc1)C2. The van der Waals surface area contributed by atoms with E-state index in [1.807, 2.05) is 0 Å². The maximum Gasteiger partial charge on any atom is 0.303 e. The van der Waals surface area contributed by atoms with E-state index in [2.05, 4.69) is 30.3 Å². The number of rotatable bonds is 2. The van der Waals surface area contributed by atoms with Gasteiger partial charge in [-0.1, -0.05) is 30.3 Å². The molecule has 3 heteroatoms. The first-order valence-corrected chi connectivity index (χ1v) is 6.80.